The zero-order valence-corrected chi connectivity index (χ0v) is 11.8. The van der Waals surface area contributed by atoms with Gasteiger partial charge in [-0.3, -0.25) is 4.57 Å². The molecule has 0 N–H and O–H groups in total. The zero-order valence-electron chi connectivity index (χ0n) is 10.0. The molecule has 0 fully saturated rings. The van der Waals surface area contributed by atoms with E-state index in [1.165, 1.54) is 6.66 Å². The summed E-state index contributed by atoms with van der Waals surface area (Å²) in [6, 6.07) is 0. The van der Waals surface area contributed by atoms with Crippen LogP contribution in [-0.2, 0) is 18.0 Å². The molecule has 0 aliphatic carbocycles. The van der Waals surface area contributed by atoms with E-state index in [4.69, 9.17) is 4.52 Å². The highest BCUT2D eigenvalue weighted by Gasteiger charge is 2.26. The monoisotopic (exact) mass is 270 g/mol. The van der Waals surface area contributed by atoms with E-state index in [9.17, 15) is 14.0 Å². The second kappa shape index (κ2) is 8.32. The second-order valence-corrected chi connectivity index (χ2v) is 6.69. The van der Waals surface area contributed by atoms with Crippen molar-refractivity contribution in [1.29, 1.82) is 0 Å². The predicted molar refractivity (Wildman–Crippen MR) is 61.5 cm³/mol. The van der Waals surface area contributed by atoms with E-state index >= 15 is 0 Å². The Kier molecular flexibility index (Phi) is 8.43. The summed E-state index contributed by atoms with van der Waals surface area (Å²) >= 11 is 0. The largest absolute Gasteiger partial charge is 0.566 e. The summed E-state index contributed by atoms with van der Waals surface area (Å²) in [5, 5.41) is 0. The normalized spacial score (nSPS) is 17.9. The molecule has 0 aromatic heterocycles. The minimum Gasteiger partial charge on any atom is -0.566 e. The molecule has 7 heteroatoms. The third-order valence-electron chi connectivity index (χ3n) is 2.30. The molecule has 0 aromatic carbocycles. The van der Waals surface area contributed by atoms with Crippen molar-refractivity contribution in [1.82, 2.24) is 0 Å². The third kappa shape index (κ3) is 8.37. The fraction of sp³-hybridized carbons (Fsp3) is 1.00. The number of hydrogen-bond acceptors (Lipinski definition) is 5. The first kappa shape index (κ1) is 16.2. The summed E-state index contributed by atoms with van der Waals surface area (Å²) in [4.78, 5) is 10.3. The van der Waals surface area contributed by atoms with Crippen molar-refractivity contribution in [2.45, 2.75) is 39.5 Å². The summed E-state index contributed by atoms with van der Waals surface area (Å²) in [5.74, 6) is 0.307. The second-order valence-electron chi connectivity index (χ2n) is 3.79. The molecule has 0 rings (SSSR count). The van der Waals surface area contributed by atoms with Gasteiger partial charge >= 0.3 is 15.9 Å². The summed E-state index contributed by atoms with van der Waals surface area (Å²) in [6.45, 7) is 5.58. The molecule has 0 saturated heterocycles. The minimum atomic E-state index is -3.44. The van der Waals surface area contributed by atoms with Crippen molar-refractivity contribution in [2.75, 3.05) is 13.3 Å². The maximum absolute atomic E-state index is 11.5. The highest BCUT2D eigenvalue weighted by molar-refractivity contribution is 7.59. The zero-order chi connectivity index (χ0) is 12.6. The molecule has 0 bridgehead atoms. The smallest absolute Gasteiger partial charge is 0.497 e. The molecule has 5 nitrogen and oxygen atoms in total. The van der Waals surface area contributed by atoms with E-state index in [0.29, 0.717) is 5.92 Å². The summed E-state index contributed by atoms with van der Waals surface area (Å²) in [7, 11) is -6.57. The van der Waals surface area contributed by atoms with Gasteiger partial charge in [0.05, 0.1) is 6.61 Å². The van der Waals surface area contributed by atoms with Crippen LogP contribution in [0.4, 0.5) is 0 Å². The van der Waals surface area contributed by atoms with Gasteiger partial charge < -0.3 is 9.42 Å². The summed E-state index contributed by atoms with van der Waals surface area (Å²) in [5.41, 5.74) is 0. The van der Waals surface area contributed by atoms with Crippen molar-refractivity contribution in [3.63, 3.8) is 0 Å². The summed E-state index contributed by atoms with van der Waals surface area (Å²) < 4.78 is 31.0. The standard InChI is InChI=1S/C9H20O5P2/c1-4-6-7-9(5-2)8-13-16(3,12)14-15(10)11/h9H,4-8H2,1-3H3. The van der Waals surface area contributed by atoms with Gasteiger partial charge in [-0.05, 0) is 16.9 Å². The van der Waals surface area contributed by atoms with Gasteiger partial charge in [0.25, 0.3) is 0 Å². The average molecular weight is 270 g/mol. The van der Waals surface area contributed by atoms with Crippen LogP contribution in [0.1, 0.15) is 39.5 Å². The highest BCUT2D eigenvalue weighted by atomic mass is 31.2. The minimum absolute atomic E-state index is 0.285. The molecule has 0 aliphatic heterocycles. The van der Waals surface area contributed by atoms with Gasteiger partial charge in [0, 0.05) is 6.66 Å². The lowest BCUT2D eigenvalue weighted by Crippen LogP contribution is -2.08. The van der Waals surface area contributed by atoms with Crippen LogP contribution in [0.3, 0.4) is 0 Å². The van der Waals surface area contributed by atoms with Crippen molar-refractivity contribution in [2.24, 2.45) is 5.92 Å². The summed E-state index contributed by atoms with van der Waals surface area (Å²) in [6.07, 6.45) is 4.11. The molecule has 3 atom stereocenters. The maximum atomic E-state index is 11.5. The van der Waals surface area contributed by atoms with Crippen LogP contribution in [0.2, 0.25) is 0 Å². The van der Waals surface area contributed by atoms with Gasteiger partial charge in [-0.15, -0.1) is 0 Å². The van der Waals surface area contributed by atoms with Crippen molar-refractivity contribution in [3.05, 3.63) is 0 Å². The van der Waals surface area contributed by atoms with Gasteiger partial charge in [0.1, 0.15) is 0 Å². The van der Waals surface area contributed by atoms with Crippen LogP contribution < -0.4 is 4.89 Å². The molecule has 0 radical (unpaired) electrons. The Hall–Kier alpha value is 0.210. The first-order valence-corrected chi connectivity index (χ1v) is 8.56. The van der Waals surface area contributed by atoms with Crippen molar-refractivity contribution in [3.8, 4) is 0 Å². The Bertz CT molecular complexity index is 256. The Morgan fingerprint density at radius 2 is 2.06 bits per heavy atom. The van der Waals surface area contributed by atoms with Crippen LogP contribution in [0.15, 0.2) is 0 Å². The molecule has 0 spiro atoms. The topological polar surface area (TPSA) is 75.7 Å². The lowest BCUT2D eigenvalue weighted by Gasteiger charge is -2.16. The molecule has 0 amide bonds. The van der Waals surface area contributed by atoms with E-state index in [1.807, 2.05) is 6.92 Å². The van der Waals surface area contributed by atoms with Gasteiger partial charge in [0.2, 0.25) is 0 Å². The van der Waals surface area contributed by atoms with Crippen molar-refractivity contribution < 1.29 is 22.9 Å². The molecule has 0 saturated carbocycles. The lowest BCUT2D eigenvalue weighted by atomic mass is 10.0. The van der Waals surface area contributed by atoms with Gasteiger partial charge in [-0.25, -0.2) is 0 Å². The van der Waals surface area contributed by atoms with E-state index in [-0.39, 0.29) is 6.61 Å². The maximum Gasteiger partial charge on any atom is 0.497 e. The Morgan fingerprint density at radius 3 is 2.50 bits per heavy atom. The molecule has 0 aliphatic rings. The van der Waals surface area contributed by atoms with Gasteiger partial charge in [-0.2, -0.15) is 0 Å². The van der Waals surface area contributed by atoms with Crippen LogP contribution in [0.25, 0.3) is 0 Å². The van der Waals surface area contributed by atoms with E-state index in [2.05, 4.69) is 11.2 Å². The van der Waals surface area contributed by atoms with Crippen LogP contribution in [0.5, 0.6) is 0 Å². The first-order chi connectivity index (χ1) is 7.41. The molecule has 0 aromatic rings. The fourth-order valence-corrected chi connectivity index (χ4v) is 2.92. The fourth-order valence-electron chi connectivity index (χ4n) is 1.28. The number of unbranched alkanes of at least 4 members (excludes halogenated alkanes) is 1. The first-order valence-electron chi connectivity index (χ1n) is 5.47. The molecular formula is C9H20O5P2. The molecular weight excluding hydrogens is 250 g/mol. The third-order valence-corrected chi connectivity index (χ3v) is 4.64. The molecule has 16 heavy (non-hydrogen) atoms. The Morgan fingerprint density at radius 1 is 1.44 bits per heavy atom. The SMILES string of the molecule is CCCCC(CC)COP(C)(=O)O[P+](=O)[O-]. The predicted octanol–water partition coefficient (Wildman–Crippen LogP) is 3.08. The van der Waals surface area contributed by atoms with Crippen LogP contribution in [0, 0.1) is 5.92 Å². The quantitative estimate of drug-likeness (QED) is 0.602. The van der Waals surface area contributed by atoms with Crippen LogP contribution >= 0.6 is 15.9 Å². The van der Waals surface area contributed by atoms with Crippen molar-refractivity contribution >= 4 is 15.9 Å². The Labute approximate surface area is 98.0 Å². The van der Waals surface area contributed by atoms with Crippen LogP contribution in [-0.4, -0.2) is 13.3 Å². The number of hydrogen-bond donors (Lipinski definition) is 0. The van der Waals surface area contributed by atoms with Gasteiger partial charge in [-0.1, -0.05) is 37.4 Å². The van der Waals surface area contributed by atoms with E-state index in [0.717, 1.165) is 25.7 Å². The molecule has 0 heterocycles. The average Bonchev–Trinajstić information content (AvgIpc) is 2.16. The lowest BCUT2D eigenvalue weighted by molar-refractivity contribution is -0.178. The van der Waals surface area contributed by atoms with E-state index in [1.54, 1.807) is 0 Å². The number of rotatable bonds is 9. The highest BCUT2D eigenvalue weighted by Crippen LogP contribution is 2.50. The molecule has 3 unspecified atom stereocenters. The van der Waals surface area contributed by atoms with Gasteiger partial charge in [0.15, 0.2) is 0 Å². The Balaban J connectivity index is 3.99. The molecule has 96 valence electrons. The van der Waals surface area contributed by atoms with E-state index < -0.39 is 15.9 Å².